The number of halogens is 2. The number of benzene rings is 1. The van der Waals surface area contributed by atoms with Crippen LogP contribution in [0.2, 0.25) is 5.02 Å². The quantitative estimate of drug-likeness (QED) is 0.674. The fraction of sp³-hybridized carbons (Fsp3) is 0.214. The van der Waals surface area contributed by atoms with E-state index in [0.29, 0.717) is 17.3 Å². The zero-order valence-corrected chi connectivity index (χ0v) is 14.3. The van der Waals surface area contributed by atoms with Gasteiger partial charge in [0.1, 0.15) is 0 Å². The van der Waals surface area contributed by atoms with Gasteiger partial charge in [0, 0.05) is 22.5 Å². The Balaban J connectivity index is 1.84. The normalized spacial score (nSPS) is 11.6. The lowest BCUT2D eigenvalue weighted by molar-refractivity contribution is 0.255. The van der Waals surface area contributed by atoms with Crippen LogP contribution >= 0.6 is 38.9 Å². The smallest absolute Gasteiger partial charge is 0.408 e. The number of rotatable bonds is 4. The lowest BCUT2D eigenvalue weighted by Crippen LogP contribution is -2.26. The van der Waals surface area contributed by atoms with Gasteiger partial charge in [-0.15, -0.1) is 11.3 Å². The van der Waals surface area contributed by atoms with Gasteiger partial charge >= 0.3 is 5.76 Å². The molecule has 0 saturated heterocycles. The molecule has 0 aliphatic heterocycles. The predicted molar refractivity (Wildman–Crippen MR) is 89.0 cm³/mol. The van der Waals surface area contributed by atoms with Gasteiger partial charge in [0.15, 0.2) is 5.58 Å². The molecule has 2 aromatic heterocycles. The van der Waals surface area contributed by atoms with Crippen LogP contribution in [-0.4, -0.2) is 16.5 Å². The van der Waals surface area contributed by atoms with Crippen molar-refractivity contribution >= 4 is 50.0 Å². The Morgan fingerprint density at radius 1 is 1.38 bits per heavy atom. The molecule has 0 amide bonds. The van der Waals surface area contributed by atoms with Gasteiger partial charge in [0.25, 0.3) is 0 Å². The molecule has 2 heterocycles. The van der Waals surface area contributed by atoms with Crippen LogP contribution in [0.4, 0.5) is 0 Å². The minimum atomic E-state index is -0.369. The molecule has 0 aliphatic rings. The van der Waals surface area contributed by atoms with Gasteiger partial charge in [-0.3, -0.25) is 9.47 Å². The van der Waals surface area contributed by atoms with Crippen LogP contribution in [0.25, 0.3) is 11.1 Å². The zero-order valence-electron chi connectivity index (χ0n) is 11.2. The first kappa shape index (κ1) is 14.8. The molecule has 0 atom stereocenters. The molecule has 0 unspecified atom stereocenters. The van der Waals surface area contributed by atoms with E-state index in [1.807, 2.05) is 13.1 Å². The third-order valence-electron chi connectivity index (χ3n) is 3.07. The van der Waals surface area contributed by atoms with Crippen molar-refractivity contribution in [3.63, 3.8) is 0 Å². The van der Waals surface area contributed by atoms with E-state index < -0.39 is 0 Å². The molecule has 0 fully saturated rings. The molecule has 3 rings (SSSR count). The topological polar surface area (TPSA) is 38.4 Å². The highest BCUT2D eigenvalue weighted by atomic mass is 79.9. The summed E-state index contributed by atoms with van der Waals surface area (Å²) in [6, 6.07) is 9.31. The van der Waals surface area contributed by atoms with Crippen LogP contribution in [0.5, 0.6) is 0 Å². The SMILES string of the molecule is CN(Cc1ccc(Br)s1)Cn1c(=O)oc2cc(Cl)ccc21. The van der Waals surface area contributed by atoms with Crippen molar-refractivity contribution < 1.29 is 4.42 Å². The van der Waals surface area contributed by atoms with E-state index >= 15 is 0 Å². The molecule has 21 heavy (non-hydrogen) atoms. The first-order chi connectivity index (χ1) is 10.0. The van der Waals surface area contributed by atoms with Crippen molar-refractivity contribution in [3.05, 3.63) is 54.6 Å². The van der Waals surface area contributed by atoms with Crippen molar-refractivity contribution in [2.45, 2.75) is 13.2 Å². The average molecular weight is 388 g/mol. The highest BCUT2D eigenvalue weighted by molar-refractivity contribution is 9.11. The van der Waals surface area contributed by atoms with Gasteiger partial charge < -0.3 is 4.42 Å². The van der Waals surface area contributed by atoms with Gasteiger partial charge in [-0.2, -0.15) is 0 Å². The van der Waals surface area contributed by atoms with Crippen molar-refractivity contribution in [1.82, 2.24) is 9.47 Å². The van der Waals surface area contributed by atoms with E-state index in [1.54, 1.807) is 34.1 Å². The summed E-state index contributed by atoms with van der Waals surface area (Å²) >= 11 is 11.0. The van der Waals surface area contributed by atoms with Crippen molar-refractivity contribution in [3.8, 4) is 0 Å². The number of fused-ring (bicyclic) bond motifs is 1. The number of oxazole rings is 1. The third-order valence-corrected chi connectivity index (χ3v) is 4.91. The maximum atomic E-state index is 12.0. The van der Waals surface area contributed by atoms with Gasteiger partial charge in [-0.05, 0) is 47.2 Å². The minimum Gasteiger partial charge on any atom is -0.408 e. The number of thiophene rings is 1. The second-order valence-electron chi connectivity index (χ2n) is 4.77. The largest absolute Gasteiger partial charge is 0.421 e. The molecule has 0 radical (unpaired) electrons. The molecule has 7 heteroatoms. The average Bonchev–Trinajstić information content (AvgIpc) is 2.94. The molecule has 4 nitrogen and oxygen atoms in total. The Hall–Kier alpha value is -1.08. The number of aromatic nitrogens is 1. The summed E-state index contributed by atoms with van der Waals surface area (Å²) in [4.78, 5) is 15.3. The summed E-state index contributed by atoms with van der Waals surface area (Å²) in [5.74, 6) is -0.369. The molecule has 0 spiro atoms. The van der Waals surface area contributed by atoms with Crippen LogP contribution in [0, 0.1) is 0 Å². The Morgan fingerprint density at radius 3 is 2.90 bits per heavy atom. The van der Waals surface area contributed by atoms with Crippen LogP contribution in [-0.2, 0) is 13.2 Å². The third kappa shape index (κ3) is 3.23. The summed E-state index contributed by atoms with van der Waals surface area (Å²) in [5, 5.41) is 0.556. The van der Waals surface area contributed by atoms with Crippen molar-refractivity contribution in [1.29, 1.82) is 0 Å². The summed E-state index contributed by atoms with van der Waals surface area (Å²) in [7, 11) is 1.97. The van der Waals surface area contributed by atoms with E-state index in [4.69, 9.17) is 16.0 Å². The number of hydrogen-bond acceptors (Lipinski definition) is 4. The first-order valence-corrected chi connectivity index (χ1v) is 8.23. The van der Waals surface area contributed by atoms with E-state index in [1.165, 1.54) is 4.88 Å². The Bertz CT molecular complexity index is 839. The highest BCUT2D eigenvalue weighted by Crippen LogP contribution is 2.23. The van der Waals surface area contributed by atoms with Gasteiger partial charge in [0.05, 0.1) is 16.0 Å². The maximum Gasteiger partial charge on any atom is 0.421 e. The minimum absolute atomic E-state index is 0.369. The number of nitrogens with zero attached hydrogens (tertiary/aromatic N) is 2. The van der Waals surface area contributed by atoms with Crippen molar-refractivity contribution in [2.75, 3.05) is 7.05 Å². The van der Waals surface area contributed by atoms with Gasteiger partial charge in [-0.1, -0.05) is 11.6 Å². The van der Waals surface area contributed by atoms with Crippen LogP contribution in [0.15, 0.2) is 43.3 Å². The zero-order chi connectivity index (χ0) is 15.0. The Kier molecular flexibility index (Phi) is 4.21. The molecule has 0 saturated carbocycles. The van der Waals surface area contributed by atoms with Crippen LogP contribution in [0.1, 0.15) is 4.88 Å². The molecule has 0 aliphatic carbocycles. The van der Waals surface area contributed by atoms with Crippen molar-refractivity contribution in [2.24, 2.45) is 0 Å². The Morgan fingerprint density at radius 2 is 2.19 bits per heavy atom. The Labute approximate surface area is 138 Å². The summed E-state index contributed by atoms with van der Waals surface area (Å²) in [6.45, 7) is 1.23. The standard InChI is InChI=1S/C14H12BrClN2O2S/c1-17(7-10-3-5-13(15)21-10)8-18-11-4-2-9(16)6-12(11)20-14(18)19/h2-6H,7-8H2,1H3. The summed E-state index contributed by atoms with van der Waals surface area (Å²) < 4.78 is 7.94. The molecular formula is C14H12BrClN2O2S. The second kappa shape index (κ2) is 5.96. The fourth-order valence-corrected chi connectivity index (χ4v) is 3.89. The number of hydrogen-bond donors (Lipinski definition) is 0. The lowest BCUT2D eigenvalue weighted by Gasteiger charge is -2.15. The van der Waals surface area contributed by atoms with E-state index in [0.717, 1.165) is 15.8 Å². The molecular weight excluding hydrogens is 376 g/mol. The highest BCUT2D eigenvalue weighted by Gasteiger charge is 2.12. The van der Waals surface area contributed by atoms with E-state index in [9.17, 15) is 4.79 Å². The summed E-state index contributed by atoms with van der Waals surface area (Å²) in [6.07, 6.45) is 0. The maximum absolute atomic E-state index is 12.0. The van der Waals surface area contributed by atoms with Crippen LogP contribution in [0.3, 0.4) is 0 Å². The van der Waals surface area contributed by atoms with E-state index in [2.05, 4.69) is 26.9 Å². The lowest BCUT2D eigenvalue weighted by atomic mass is 10.3. The molecule has 0 N–H and O–H groups in total. The monoisotopic (exact) mass is 386 g/mol. The van der Waals surface area contributed by atoms with Gasteiger partial charge in [0.2, 0.25) is 0 Å². The summed E-state index contributed by atoms with van der Waals surface area (Å²) in [5.41, 5.74) is 1.27. The molecule has 3 aromatic rings. The van der Waals surface area contributed by atoms with Gasteiger partial charge in [-0.25, -0.2) is 4.79 Å². The first-order valence-electron chi connectivity index (χ1n) is 6.24. The second-order valence-corrected chi connectivity index (χ2v) is 7.75. The van der Waals surface area contributed by atoms with Crippen LogP contribution < -0.4 is 5.76 Å². The fourth-order valence-electron chi connectivity index (χ4n) is 2.17. The molecule has 0 bridgehead atoms. The van der Waals surface area contributed by atoms with E-state index in [-0.39, 0.29) is 5.76 Å². The molecule has 110 valence electrons. The predicted octanol–water partition coefficient (Wildman–Crippen LogP) is 4.16. The molecule has 1 aromatic carbocycles.